The number of benzene rings is 1. The van der Waals surface area contributed by atoms with Crippen LogP contribution in [0.2, 0.25) is 0 Å². The van der Waals surface area contributed by atoms with Crippen molar-refractivity contribution in [2.24, 2.45) is 12.9 Å². The van der Waals surface area contributed by atoms with E-state index in [1.54, 1.807) is 0 Å². The third-order valence-corrected chi connectivity index (χ3v) is 3.12. The number of hydrogen-bond donors (Lipinski definition) is 1. The van der Waals surface area contributed by atoms with Gasteiger partial charge in [-0.15, -0.1) is 0 Å². The zero-order valence-corrected chi connectivity index (χ0v) is 9.37. The van der Waals surface area contributed by atoms with E-state index in [1.165, 1.54) is 22.2 Å². The molecule has 0 amide bonds. The maximum atomic E-state index is 5.07. The summed E-state index contributed by atoms with van der Waals surface area (Å²) in [7, 11) is 2.08. The van der Waals surface area contributed by atoms with Gasteiger partial charge in [-0.3, -0.25) is 4.84 Å². The molecule has 80 valence electrons. The second-order valence-corrected chi connectivity index (χ2v) is 3.93. The Morgan fingerprint density at radius 3 is 2.73 bits per heavy atom. The molecule has 0 atom stereocenters. The number of nitrogens with two attached hydrogens (primary N) is 1. The fourth-order valence-corrected chi connectivity index (χ4v) is 1.98. The van der Waals surface area contributed by atoms with Crippen LogP contribution < -0.4 is 5.90 Å². The second-order valence-electron chi connectivity index (χ2n) is 3.93. The molecule has 1 aromatic heterocycles. The van der Waals surface area contributed by atoms with Gasteiger partial charge in [-0.05, 0) is 31.0 Å². The Morgan fingerprint density at radius 2 is 2.07 bits per heavy atom. The van der Waals surface area contributed by atoms with Gasteiger partial charge in [0, 0.05) is 23.6 Å². The summed E-state index contributed by atoms with van der Waals surface area (Å²) < 4.78 is 2.20. The largest absolute Gasteiger partial charge is 0.348 e. The number of aryl methyl sites for hydroxylation is 2. The van der Waals surface area contributed by atoms with Crippen LogP contribution in [0.15, 0.2) is 18.2 Å². The predicted molar refractivity (Wildman–Crippen MR) is 61.4 cm³/mol. The van der Waals surface area contributed by atoms with E-state index in [-0.39, 0.29) is 0 Å². The highest BCUT2D eigenvalue weighted by atomic mass is 16.6. The van der Waals surface area contributed by atoms with Gasteiger partial charge in [-0.1, -0.05) is 12.1 Å². The third kappa shape index (κ3) is 1.54. The Kier molecular flexibility index (Phi) is 2.50. The first-order valence-corrected chi connectivity index (χ1v) is 5.01. The minimum atomic E-state index is 0.458. The van der Waals surface area contributed by atoms with Crippen LogP contribution in [0.25, 0.3) is 10.9 Å². The van der Waals surface area contributed by atoms with Crippen LogP contribution in [0.5, 0.6) is 0 Å². The average Bonchev–Trinajstić information content (AvgIpc) is 2.45. The van der Waals surface area contributed by atoms with Crippen molar-refractivity contribution in [2.45, 2.75) is 20.5 Å². The maximum Gasteiger partial charge on any atom is 0.0930 e. The van der Waals surface area contributed by atoms with Crippen LogP contribution >= 0.6 is 0 Å². The van der Waals surface area contributed by atoms with Gasteiger partial charge in [0.2, 0.25) is 0 Å². The first-order chi connectivity index (χ1) is 7.15. The standard InChI is InChI=1S/C12H16N2O/c1-8-9(2)14(3)12-6-10(7-15-13)4-5-11(8)12/h4-6H,7,13H2,1-3H3. The molecule has 0 aliphatic carbocycles. The van der Waals surface area contributed by atoms with E-state index in [0.29, 0.717) is 6.61 Å². The van der Waals surface area contributed by atoms with Crippen LogP contribution in [0, 0.1) is 13.8 Å². The summed E-state index contributed by atoms with van der Waals surface area (Å²) in [4.78, 5) is 4.64. The summed E-state index contributed by atoms with van der Waals surface area (Å²) in [6, 6.07) is 6.32. The Labute approximate surface area is 89.4 Å². The zero-order chi connectivity index (χ0) is 11.0. The normalized spacial score (nSPS) is 11.2. The molecular formula is C12H16N2O. The molecule has 2 rings (SSSR count). The van der Waals surface area contributed by atoms with Crippen molar-refractivity contribution in [1.29, 1.82) is 0 Å². The number of nitrogens with zero attached hydrogens (tertiary/aromatic N) is 1. The van der Waals surface area contributed by atoms with Gasteiger partial charge in [0.15, 0.2) is 0 Å². The Balaban J connectivity index is 2.66. The molecule has 2 aromatic rings. The quantitative estimate of drug-likeness (QED) is 0.762. The summed E-state index contributed by atoms with van der Waals surface area (Å²) in [5.41, 5.74) is 4.98. The molecule has 3 heteroatoms. The lowest BCUT2D eigenvalue weighted by atomic mass is 10.1. The molecule has 0 spiro atoms. The summed E-state index contributed by atoms with van der Waals surface area (Å²) in [5.74, 6) is 5.07. The first-order valence-electron chi connectivity index (χ1n) is 5.01. The topological polar surface area (TPSA) is 40.2 Å². The van der Waals surface area contributed by atoms with Crippen LogP contribution in [-0.2, 0) is 18.5 Å². The summed E-state index contributed by atoms with van der Waals surface area (Å²) in [6.45, 7) is 4.74. The summed E-state index contributed by atoms with van der Waals surface area (Å²) in [6.07, 6.45) is 0. The molecule has 0 aliphatic rings. The fraction of sp³-hybridized carbons (Fsp3) is 0.333. The minimum Gasteiger partial charge on any atom is -0.348 e. The second kappa shape index (κ2) is 3.68. The van der Waals surface area contributed by atoms with Crippen molar-refractivity contribution in [3.63, 3.8) is 0 Å². The summed E-state index contributed by atoms with van der Waals surface area (Å²) >= 11 is 0. The van der Waals surface area contributed by atoms with Gasteiger partial charge in [0.25, 0.3) is 0 Å². The SMILES string of the molecule is Cc1c(C)n(C)c2cc(CON)ccc12. The molecule has 0 radical (unpaired) electrons. The van der Waals surface area contributed by atoms with Gasteiger partial charge in [-0.25, -0.2) is 5.90 Å². The Bertz CT molecular complexity index is 500. The smallest absolute Gasteiger partial charge is 0.0930 e. The molecule has 1 aromatic carbocycles. The van der Waals surface area contributed by atoms with E-state index in [9.17, 15) is 0 Å². The molecule has 0 fully saturated rings. The molecule has 1 heterocycles. The van der Waals surface area contributed by atoms with E-state index in [1.807, 2.05) is 0 Å². The lowest BCUT2D eigenvalue weighted by Crippen LogP contribution is -1.99. The van der Waals surface area contributed by atoms with E-state index in [2.05, 4.69) is 48.5 Å². The van der Waals surface area contributed by atoms with E-state index in [4.69, 9.17) is 5.90 Å². The molecule has 2 N–H and O–H groups in total. The van der Waals surface area contributed by atoms with Crippen molar-refractivity contribution in [2.75, 3.05) is 0 Å². The molecule has 0 bridgehead atoms. The van der Waals surface area contributed by atoms with Crippen molar-refractivity contribution >= 4 is 10.9 Å². The lowest BCUT2D eigenvalue weighted by Gasteiger charge is -2.02. The van der Waals surface area contributed by atoms with Gasteiger partial charge in [0.1, 0.15) is 0 Å². The number of fused-ring (bicyclic) bond motifs is 1. The van der Waals surface area contributed by atoms with Crippen molar-refractivity contribution in [3.8, 4) is 0 Å². The van der Waals surface area contributed by atoms with Crippen LogP contribution in [0.3, 0.4) is 0 Å². The Hall–Kier alpha value is -1.32. The Morgan fingerprint density at radius 1 is 1.33 bits per heavy atom. The predicted octanol–water partition coefficient (Wildman–Crippen LogP) is 2.19. The monoisotopic (exact) mass is 204 g/mol. The third-order valence-electron chi connectivity index (χ3n) is 3.12. The van der Waals surface area contributed by atoms with E-state index >= 15 is 0 Å². The van der Waals surface area contributed by atoms with Gasteiger partial charge >= 0.3 is 0 Å². The van der Waals surface area contributed by atoms with E-state index < -0.39 is 0 Å². The number of rotatable bonds is 2. The highest BCUT2D eigenvalue weighted by Gasteiger charge is 2.08. The van der Waals surface area contributed by atoms with Crippen molar-refractivity contribution in [1.82, 2.24) is 4.57 Å². The van der Waals surface area contributed by atoms with Crippen molar-refractivity contribution in [3.05, 3.63) is 35.0 Å². The fourth-order valence-electron chi connectivity index (χ4n) is 1.98. The average molecular weight is 204 g/mol. The highest BCUT2D eigenvalue weighted by Crippen LogP contribution is 2.24. The molecule has 15 heavy (non-hydrogen) atoms. The highest BCUT2D eigenvalue weighted by molar-refractivity contribution is 5.85. The molecule has 0 aliphatic heterocycles. The summed E-state index contributed by atoms with van der Waals surface area (Å²) in [5, 5.41) is 1.30. The van der Waals surface area contributed by atoms with Gasteiger partial charge in [-0.2, -0.15) is 0 Å². The maximum absolute atomic E-state index is 5.07. The lowest BCUT2D eigenvalue weighted by molar-refractivity contribution is 0.124. The molecule has 0 saturated carbocycles. The first kappa shape index (κ1) is 10.2. The molecule has 0 saturated heterocycles. The van der Waals surface area contributed by atoms with Gasteiger partial charge in [0.05, 0.1) is 6.61 Å². The number of aromatic nitrogens is 1. The van der Waals surface area contributed by atoms with Crippen LogP contribution in [0.1, 0.15) is 16.8 Å². The molecular weight excluding hydrogens is 188 g/mol. The minimum absolute atomic E-state index is 0.458. The molecule has 0 unspecified atom stereocenters. The zero-order valence-electron chi connectivity index (χ0n) is 9.37. The van der Waals surface area contributed by atoms with Gasteiger partial charge < -0.3 is 4.57 Å². The molecule has 3 nitrogen and oxygen atoms in total. The van der Waals surface area contributed by atoms with Crippen LogP contribution in [0.4, 0.5) is 0 Å². The number of hydrogen-bond acceptors (Lipinski definition) is 2. The van der Waals surface area contributed by atoms with E-state index in [0.717, 1.165) is 5.56 Å². The van der Waals surface area contributed by atoms with Crippen LogP contribution in [-0.4, -0.2) is 4.57 Å². The van der Waals surface area contributed by atoms with Crippen molar-refractivity contribution < 1.29 is 4.84 Å².